The van der Waals surface area contributed by atoms with Gasteiger partial charge < -0.3 is 0 Å². The maximum atomic E-state index is 11.9. The van der Waals surface area contributed by atoms with E-state index < -0.39 is 5.54 Å². The third-order valence-corrected chi connectivity index (χ3v) is 3.50. The first kappa shape index (κ1) is 12.9. The van der Waals surface area contributed by atoms with Gasteiger partial charge in [-0.2, -0.15) is 0 Å². The van der Waals surface area contributed by atoms with Crippen LogP contribution in [-0.2, 0) is 16.8 Å². The van der Waals surface area contributed by atoms with E-state index in [9.17, 15) is 4.79 Å². The zero-order chi connectivity index (χ0) is 12.3. The lowest BCUT2D eigenvalue weighted by Crippen LogP contribution is -2.45. The summed E-state index contributed by atoms with van der Waals surface area (Å²) < 4.78 is 0. The summed E-state index contributed by atoms with van der Waals surface area (Å²) in [4.78, 5) is 13.9. The topological polar surface area (TPSA) is 20.3 Å². The minimum atomic E-state index is -0.521. The molecule has 1 atom stereocenters. The van der Waals surface area contributed by atoms with Gasteiger partial charge in [0.1, 0.15) is 5.54 Å². The molecule has 16 heavy (non-hydrogen) atoms. The number of hydrogen-bond donors (Lipinski definition) is 0. The zero-order valence-electron chi connectivity index (χ0n) is 10.9. The number of Topliss-reactive ketones (excluding diaryl/α,β-unsaturated/α-hetero) is 1. The average Bonchev–Trinajstić information content (AvgIpc) is 2.27. The first-order valence-electron chi connectivity index (χ1n) is 5.71. The molecule has 0 heterocycles. The fourth-order valence-corrected chi connectivity index (χ4v) is 2.05. The van der Waals surface area contributed by atoms with Crippen molar-refractivity contribution in [1.29, 1.82) is 0 Å². The summed E-state index contributed by atoms with van der Waals surface area (Å²) in [5.74, 6) is 0.179. The molecule has 1 rings (SSSR count). The van der Waals surface area contributed by atoms with E-state index in [1.54, 1.807) is 6.92 Å². The fourth-order valence-electron chi connectivity index (χ4n) is 2.05. The van der Waals surface area contributed by atoms with Crippen LogP contribution < -0.4 is 0 Å². The van der Waals surface area contributed by atoms with Crippen LogP contribution in [0.15, 0.2) is 24.3 Å². The second-order valence-electron chi connectivity index (χ2n) is 4.53. The smallest absolute Gasteiger partial charge is 0.154 e. The van der Waals surface area contributed by atoms with Crippen molar-refractivity contribution >= 4 is 5.78 Å². The van der Waals surface area contributed by atoms with Crippen molar-refractivity contribution in [1.82, 2.24) is 4.90 Å². The van der Waals surface area contributed by atoms with Gasteiger partial charge >= 0.3 is 0 Å². The van der Waals surface area contributed by atoms with Crippen molar-refractivity contribution in [3.63, 3.8) is 0 Å². The van der Waals surface area contributed by atoms with Crippen LogP contribution in [0, 0.1) is 0 Å². The summed E-state index contributed by atoms with van der Waals surface area (Å²) in [6, 6.07) is 8.18. The monoisotopic (exact) mass is 219 g/mol. The lowest BCUT2D eigenvalue weighted by atomic mass is 9.83. The van der Waals surface area contributed by atoms with Gasteiger partial charge in [0.2, 0.25) is 0 Å². The number of hydrogen-bond acceptors (Lipinski definition) is 2. The maximum Gasteiger partial charge on any atom is 0.154 e. The van der Waals surface area contributed by atoms with Crippen molar-refractivity contribution in [2.45, 2.75) is 32.7 Å². The predicted molar refractivity (Wildman–Crippen MR) is 67.5 cm³/mol. The number of carbonyl (C=O) groups is 1. The first-order chi connectivity index (χ1) is 7.44. The molecule has 0 amide bonds. The van der Waals surface area contributed by atoms with Crippen LogP contribution in [0.1, 0.15) is 31.9 Å². The van der Waals surface area contributed by atoms with Crippen LogP contribution in [0.4, 0.5) is 0 Å². The molecule has 0 aliphatic carbocycles. The van der Waals surface area contributed by atoms with Crippen molar-refractivity contribution < 1.29 is 4.79 Å². The van der Waals surface area contributed by atoms with E-state index in [1.165, 1.54) is 5.56 Å². The molecule has 1 aromatic rings. The van der Waals surface area contributed by atoms with E-state index in [-0.39, 0.29) is 5.78 Å². The molecule has 1 unspecified atom stereocenters. The number of likely N-dealkylation sites (N-methyl/N-ethyl adjacent to an activating group) is 1. The van der Waals surface area contributed by atoms with Crippen molar-refractivity contribution in [2.24, 2.45) is 0 Å². The van der Waals surface area contributed by atoms with Crippen LogP contribution in [0.5, 0.6) is 0 Å². The Balaban J connectivity index is 3.37. The largest absolute Gasteiger partial charge is 0.298 e. The SMILES string of the molecule is CCc1ccccc1C(C)(C(C)=O)N(C)C. The number of benzene rings is 1. The molecule has 0 aliphatic heterocycles. The van der Waals surface area contributed by atoms with Gasteiger partial charge in [0.25, 0.3) is 0 Å². The normalized spacial score (nSPS) is 14.9. The van der Waals surface area contributed by atoms with E-state index in [1.807, 2.05) is 38.1 Å². The van der Waals surface area contributed by atoms with Gasteiger partial charge in [-0.25, -0.2) is 0 Å². The third kappa shape index (κ3) is 2.03. The van der Waals surface area contributed by atoms with Gasteiger partial charge in [0.15, 0.2) is 5.78 Å². The van der Waals surface area contributed by atoms with Crippen molar-refractivity contribution in [3.05, 3.63) is 35.4 Å². The second-order valence-corrected chi connectivity index (χ2v) is 4.53. The molecule has 0 aliphatic rings. The van der Waals surface area contributed by atoms with Crippen LogP contribution in [0.3, 0.4) is 0 Å². The zero-order valence-corrected chi connectivity index (χ0v) is 10.9. The van der Waals surface area contributed by atoms with E-state index >= 15 is 0 Å². The van der Waals surface area contributed by atoms with Crippen molar-refractivity contribution in [3.8, 4) is 0 Å². The molecule has 1 aromatic carbocycles. The van der Waals surface area contributed by atoms with Gasteiger partial charge in [-0.3, -0.25) is 9.69 Å². The van der Waals surface area contributed by atoms with Gasteiger partial charge in [0.05, 0.1) is 0 Å². The number of aryl methyl sites for hydroxylation is 1. The Morgan fingerprint density at radius 1 is 1.31 bits per heavy atom. The number of carbonyl (C=O) groups excluding carboxylic acids is 1. The van der Waals surface area contributed by atoms with E-state index in [0.29, 0.717) is 0 Å². The number of nitrogens with zero attached hydrogens (tertiary/aromatic N) is 1. The molecular formula is C14H21NO. The Labute approximate surface area is 98.3 Å². The maximum absolute atomic E-state index is 11.9. The Bertz CT molecular complexity index is 384. The lowest BCUT2D eigenvalue weighted by molar-refractivity contribution is -0.127. The quantitative estimate of drug-likeness (QED) is 0.776. The molecule has 0 saturated carbocycles. The summed E-state index contributed by atoms with van der Waals surface area (Å²) in [7, 11) is 3.90. The van der Waals surface area contributed by atoms with Crippen LogP contribution in [0.25, 0.3) is 0 Å². The summed E-state index contributed by atoms with van der Waals surface area (Å²) in [6.07, 6.45) is 0.951. The Morgan fingerprint density at radius 3 is 2.31 bits per heavy atom. The van der Waals surface area contributed by atoms with E-state index in [0.717, 1.165) is 12.0 Å². The predicted octanol–water partition coefficient (Wildman–Crippen LogP) is 2.61. The molecule has 0 aromatic heterocycles. The average molecular weight is 219 g/mol. The number of ketones is 1. The molecule has 0 saturated heterocycles. The first-order valence-corrected chi connectivity index (χ1v) is 5.71. The highest BCUT2D eigenvalue weighted by atomic mass is 16.1. The van der Waals surface area contributed by atoms with Gasteiger partial charge in [-0.05, 0) is 45.5 Å². The Morgan fingerprint density at radius 2 is 1.88 bits per heavy atom. The minimum absolute atomic E-state index is 0.179. The van der Waals surface area contributed by atoms with E-state index in [4.69, 9.17) is 0 Å². The molecule has 0 N–H and O–H groups in total. The highest BCUT2D eigenvalue weighted by molar-refractivity contribution is 5.87. The van der Waals surface area contributed by atoms with E-state index in [2.05, 4.69) is 19.1 Å². The summed E-state index contributed by atoms with van der Waals surface area (Å²) in [5.41, 5.74) is 1.84. The molecular weight excluding hydrogens is 198 g/mol. The van der Waals surface area contributed by atoms with Gasteiger partial charge in [-0.1, -0.05) is 31.2 Å². The Hall–Kier alpha value is -1.15. The highest BCUT2D eigenvalue weighted by Gasteiger charge is 2.35. The standard InChI is InChI=1S/C14H21NO/c1-6-12-9-7-8-10-13(12)14(3,11(2)16)15(4)5/h7-10H,6H2,1-5H3. The lowest BCUT2D eigenvalue weighted by Gasteiger charge is -2.36. The molecule has 0 radical (unpaired) electrons. The molecule has 0 spiro atoms. The summed E-state index contributed by atoms with van der Waals surface area (Å²) >= 11 is 0. The molecule has 0 bridgehead atoms. The summed E-state index contributed by atoms with van der Waals surface area (Å²) in [6.45, 7) is 5.77. The third-order valence-electron chi connectivity index (χ3n) is 3.50. The van der Waals surface area contributed by atoms with Gasteiger partial charge in [-0.15, -0.1) is 0 Å². The van der Waals surface area contributed by atoms with Crippen LogP contribution in [0.2, 0.25) is 0 Å². The molecule has 88 valence electrons. The van der Waals surface area contributed by atoms with Crippen LogP contribution in [-0.4, -0.2) is 24.8 Å². The van der Waals surface area contributed by atoms with Gasteiger partial charge in [0, 0.05) is 0 Å². The molecule has 2 nitrogen and oxygen atoms in total. The minimum Gasteiger partial charge on any atom is -0.298 e. The molecule has 0 fully saturated rings. The second kappa shape index (κ2) is 4.79. The highest BCUT2D eigenvalue weighted by Crippen LogP contribution is 2.30. The summed E-state index contributed by atoms with van der Waals surface area (Å²) in [5, 5.41) is 0. The fraction of sp³-hybridized carbons (Fsp3) is 0.500. The number of rotatable bonds is 4. The van der Waals surface area contributed by atoms with Crippen LogP contribution >= 0.6 is 0 Å². The van der Waals surface area contributed by atoms with Crippen molar-refractivity contribution in [2.75, 3.05) is 14.1 Å². The Kier molecular flexibility index (Phi) is 3.87. The molecule has 2 heteroatoms.